The maximum Gasteiger partial charge on any atom is 0.346 e. The average Bonchev–Trinajstić information content (AvgIpc) is 2.90. The van der Waals surface area contributed by atoms with Crippen LogP contribution in [0.2, 0.25) is 0 Å². The number of hydrogen-bond acceptors (Lipinski definition) is 4. The van der Waals surface area contributed by atoms with Crippen LogP contribution in [0.1, 0.15) is 36.0 Å². The zero-order chi connectivity index (χ0) is 14.4. The first kappa shape index (κ1) is 12.6. The maximum atomic E-state index is 12.3. The smallest absolute Gasteiger partial charge is 0.346 e. The molecule has 100 valence electrons. The van der Waals surface area contributed by atoms with Crippen LogP contribution in [0.25, 0.3) is 0 Å². The molecule has 0 unspecified atom stereocenters. The van der Waals surface area contributed by atoms with E-state index in [9.17, 15) is 14.4 Å². The molecule has 2 amide bonds. The lowest BCUT2D eigenvalue weighted by Gasteiger charge is -2.10. The second-order valence-corrected chi connectivity index (χ2v) is 5.42. The summed E-state index contributed by atoms with van der Waals surface area (Å²) in [7, 11) is 0. The number of carboxylic acids is 1. The lowest BCUT2D eigenvalue weighted by molar-refractivity contribution is 0.0700. The van der Waals surface area contributed by atoms with Gasteiger partial charge < -0.3 is 5.11 Å². The van der Waals surface area contributed by atoms with E-state index in [0.717, 1.165) is 16.2 Å². The van der Waals surface area contributed by atoms with Crippen molar-refractivity contribution in [1.82, 2.24) is 0 Å². The van der Waals surface area contributed by atoms with Gasteiger partial charge in [-0.15, -0.1) is 11.3 Å². The molecule has 0 atom stereocenters. The van der Waals surface area contributed by atoms with Crippen molar-refractivity contribution in [3.63, 3.8) is 0 Å². The quantitative estimate of drug-likeness (QED) is 0.861. The largest absolute Gasteiger partial charge is 0.477 e. The topological polar surface area (TPSA) is 74.7 Å². The fourth-order valence-corrected chi connectivity index (χ4v) is 3.19. The van der Waals surface area contributed by atoms with Gasteiger partial charge in [0.15, 0.2) is 0 Å². The van der Waals surface area contributed by atoms with E-state index in [1.165, 1.54) is 0 Å². The van der Waals surface area contributed by atoms with E-state index in [-0.39, 0.29) is 4.88 Å². The molecule has 0 bridgehead atoms. The Morgan fingerprint density at radius 3 is 2.15 bits per heavy atom. The predicted molar refractivity (Wildman–Crippen MR) is 73.6 cm³/mol. The SMILES string of the molecule is Cc1cc(N2C(=O)c3ccccc3C2=O)sc1C(=O)O. The van der Waals surface area contributed by atoms with Gasteiger partial charge in [-0.1, -0.05) is 12.1 Å². The van der Waals surface area contributed by atoms with Gasteiger partial charge in [0.1, 0.15) is 9.88 Å². The Labute approximate surface area is 118 Å². The van der Waals surface area contributed by atoms with Gasteiger partial charge in [0.25, 0.3) is 11.8 Å². The van der Waals surface area contributed by atoms with E-state index in [0.29, 0.717) is 21.7 Å². The van der Waals surface area contributed by atoms with E-state index >= 15 is 0 Å². The third kappa shape index (κ3) is 1.65. The second kappa shape index (κ2) is 4.28. The fourth-order valence-electron chi connectivity index (χ4n) is 2.18. The zero-order valence-electron chi connectivity index (χ0n) is 10.4. The highest BCUT2D eigenvalue weighted by Crippen LogP contribution is 2.35. The molecule has 0 aliphatic carbocycles. The molecule has 1 aromatic carbocycles. The number of rotatable bonds is 2. The van der Waals surface area contributed by atoms with E-state index in [1.54, 1.807) is 37.3 Å². The number of anilines is 1. The molecule has 1 N–H and O–H groups in total. The van der Waals surface area contributed by atoms with Crippen molar-refractivity contribution in [2.45, 2.75) is 6.92 Å². The number of hydrogen-bond donors (Lipinski definition) is 1. The summed E-state index contributed by atoms with van der Waals surface area (Å²) in [5.74, 6) is -1.89. The molecule has 1 aliphatic rings. The maximum absolute atomic E-state index is 12.3. The molecular weight excluding hydrogens is 278 g/mol. The van der Waals surface area contributed by atoms with Crippen molar-refractivity contribution < 1.29 is 19.5 Å². The third-order valence-electron chi connectivity index (χ3n) is 3.11. The van der Waals surface area contributed by atoms with Crippen LogP contribution in [0.5, 0.6) is 0 Å². The zero-order valence-corrected chi connectivity index (χ0v) is 11.2. The van der Waals surface area contributed by atoms with Gasteiger partial charge in [0.05, 0.1) is 11.1 Å². The summed E-state index contributed by atoms with van der Waals surface area (Å²) in [6, 6.07) is 8.11. The minimum absolute atomic E-state index is 0.136. The van der Waals surface area contributed by atoms with E-state index in [2.05, 4.69) is 0 Å². The lowest BCUT2D eigenvalue weighted by atomic mass is 10.1. The number of imide groups is 1. The molecular formula is C14H9NO4S. The van der Waals surface area contributed by atoms with Crippen molar-refractivity contribution in [1.29, 1.82) is 0 Å². The van der Waals surface area contributed by atoms with Gasteiger partial charge in [-0.3, -0.25) is 9.59 Å². The third-order valence-corrected chi connectivity index (χ3v) is 4.32. The number of aromatic carboxylic acids is 1. The number of aryl methyl sites for hydroxylation is 1. The summed E-state index contributed by atoms with van der Waals surface area (Å²) in [5.41, 5.74) is 1.23. The Bertz CT molecular complexity index is 727. The van der Waals surface area contributed by atoms with Gasteiger partial charge in [-0.05, 0) is 30.7 Å². The van der Waals surface area contributed by atoms with E-state index in [4.69, 9.17) is 5.11 Å². The second-order valence-electron chi connectivity index (χ2n) is 4.39. The lowest BCUT2D eigenvalue weighted by Crippen LogP contribution is -2.28. The Morgan fingerprint density at radius 1 is 1.15 bits per heavy atom. The predicted octanol–water partition coefficient (Wildman–Crippen LogP) is 2.56. The van der Waals surface area contributed by atoms with Crippen molar-refractivity contribution >= 4 is 34.1 Å². The standard InChI is InChI=1S/C14H9NO4S/c1-7-6-10(20-11(7)14(18)19)15-12(16)8-4-2-3-5-9(8)13(15)17/h2-6H,1H3,(H,18,19). The molecule has 2 heterocycles. The minimum Gasteiger partial charge on any atom is -0.477 e. The van der Waals surface area contributed by atoms with Crippen molar-refractivity contribution in [3.05, 3.63) is 51.9 Å². The average molecular weight is 287 g/mol. The first-order valence-corrected chi connectivity index (χ1v) is 6.64. The highest BCUT2D eigenvalue weighted by molar-refractivity contribution is 7.18. The Morgan fingerprint density at radius 2 is 1.70 bits per heavy atom. The normalized spacial score (nSPS) is 13.8. The number of fused-ring (bicyclic) bond motifs is 1. The number of thiophene rings is 1. The van der Waals surface area contributed by atoms with Crippen LogP contribution < -0.4 is 4.90 Å². The van der Waals surface area contributed by atoms with Gasteiger partial charge in [-0.2, -0.15) is 0 Å². The number of carbonyl (C=O) groups is 3. The first-order valence-electron chi connectivity index (χ1n) is 5.82. The molecule has 1 aromatic heterocycles. The summed E-state index contributed by atoms with van der Waals surface area (Å²) >= 11 is 0.928. The van der Waals surface area contributed by atoms with Crippen LogP contribution in [0.3, 0.4) is 0 Å². The minimum atomic E-state index is -1.06. The Balaban J connectivity index is 2.09. The van der Waals surface area contributed by atoms with E-state index < -0.39 is 17.8 Å². The summed E-state index contributed by atoms with van der Waals surface area (Å²) in [4.78, 5) is 36.8. The number of nitrogens with zero attached hydrogens (tertiary/aromatic N) is 1. The molecule has 0 saturated heterocycles. The van der Waals surface area contributed by atoms with Crippen molar-refractivity contribution in [2.75, 3.05) is 4.90 Å². The van der Waals surface area contributed by atoms with Crippen LogP contribution in [-0.2, 0) is 0 Å². The van der Waals surface area contributed by atoms with Crippen LogP contribution in [0, 0.1) is 6.92 Å². The molecule has 3 rings (SSSR count). The summed E-state index contributed by atoms with van der Waals surface area (Å²) in [6.45, 7) is 1.64. The molecule has 0 radical (unpaired) electrons. The molecule has 1 aliphatic heterocycles. The fraction of sp³-hybridized carbons (Fsp3) is 0.0714. The molecule has 6 heteroatoms. The number of benzene rings is 1. The summed E-state index contributed by atoms with van der Waals surface area (Å²) in [6.07, 6.45) is 0. The van der Waals surface area contributed by atoms with Crippen LogP contribution >= 0.6 is 11.3 Å². The number of carbonyl (C=O) groups excluding carboxylic acids is 2. The summed E-state index contributed by atoms with van der Waals surface area (Å²) < 4.78 is 0. The monoisotopic (exact) mass is 287 g/mol. The van der Waals surface area contributed by atoms with Gasteiger partial charge >= 0.3 is 5.97 Å². The Hall–Kier alpha value is -2.47. The summed E-state index contributed by atoms with van der Waals surface area (Å²) in [5, 5.41) is 9.39. The number of amides is 2. The van der Waals surface area contributed by atoms with E-state index in [1.807, 2.05) is 0 Å². The highest BCUT2D eigenvalue weighted by atomic mass is 32.1. The molecule has 0 saturated carbocycles. The van der Waals surface area contributed by atoms with Gasteiger partial charge in [0.2, 0.25) is 0 Å². The molecule has 0 spiro atoms. The van der Waals surface area contributed by atoms with Crippen molar-refractivity contribution in [2.24, 2.45) is 0 Å². The molecule has 2 aromatic rings. The molecule has 20 heavy (non-hydrogen) atoms. The van der Waals surface area contributed by atoms with Crippen LogP contribution in [0.15, 0.2) is 30.3 Å². The van der Waals surface area contributed by atoms with Gasteiger partial charge in [0, 0.05) is 0 Å². The highest BCUT2D eigenvalue weighted by Gasteiger charge is 2.37. The van der Waals surface area contributed by atoms with Crippen molar-refractivity contribution in [3.8, 4) is 0 Å². The van der Waals surface area contributed by atoms with Gasteiger partial charge in [-0.25, -0.2) is 9.69 Å². The Kier molecular flexibility index (Phi) is 2.69. The molecule has 0 fully saturated rings. The first-order chi connectivity index (χ1) is 9.50. The number of carboxylic acid groups (broad SMARTS) is 1. The van der Waals surface area contributed by atoms with Crippen LogP contribution in [0.4, 0.5) is 5.00 Å². The van der Waals surface area contributed by atoms with Crippen LogP contribution in [-0.4, -0.2) is 22.9 Å². The molecule has 5 nitrogen and oxygen atoms in total.